The molecule has 0 bridgehead atoms. The average Bonchev–Trinajstić information content (AvgIpc) is 3.22. The number of para-hydroxylation sites is 1. The third-order valence-electron chi connectivity index (χ3n) is 6.88. The molecule has 6 nitrogen and oxygen atoms in total. The maximum atomic E-state index is 11.9. The van der Waals surface area contributed by atoms with E-state index in [9.17, 15) is 8.42 Å². The van der Waals surface area contributed by atoms with Gasteiger partial charge in [0.05, 0.1) is 15.1 Å². The van der Waals surface area contributed by atoms with Crippen molar-refractivity contribution in [1.82, 2.24) is 4.57 Å². The van der Waals surface area contributed by atoms with Crippen LogP contribution in [0.15, 0.2) is 104 Å². The van der Waals surface area contributed by atoms with Crippen LogP contribution < -0.4 is 15.0 Å². The lowest BCUT2D eigenvalue weighted by molar-refractivity contribution is 0.568. The van der Waals surface area contributed by atoms with Crippen LogP contribution in [0.3, 0.4) is 0 Å². The van der Waals surface area contributed by atoms with Crippen molar-refractivity contribution in [2.75, 3.05) is 0 Å². The van der Waals surface area contributed by atoms with E-state index in [1.807, 2.05) is 18.2 Å². The number of rotatable bonds is 6. The largest absolute Gasteiger partial charge is 0.454 e. The quantitative estimate of drug-likeness (QED) is 0.179. The fourth-order valence-corrected chi connectivity index (χ4v) is 9.79. The van der Waals surface area contributed by atoms with Crippen LogP contribution in [0.2, 0.25) is 0 Å². The molecule has 0 spiro atoms. The number of aromatic nitrogens is 1. The second-order valence-corrected chi connectivity index (χ2v) is 17.2. The van der Waals surface area contributed by atoms with Gasteiger partial charge in [0.25, 0.3) is 0 Å². The van der Waals surface area contributed by atoms with Gasteiger partial charge in [-0.15, -0.1) is 0 Å². The molecule has 0 aliphatic heterocycles. The van der Waals surface area contributed by atoms with Crippen LogP contribution in [-0.4, -0.2) is 18.1 Å². The zero-order valence-electron chi connectivity index (χ0n) is 22.6. The van der Waals surface area contributed by atoms with Crippen LogP contribution in [-0.2, 0) is 16.6 Å². The van der Waals surface area contributed by atoms with Crippen LogP contribution in [0.4, 0.5) is 5.69 Å². The van der Waals surface area contributed by atoms with Crippen LogP contribution in [0.1, 0.15) is 27.7 Å². The predicted octanol–water partition coefficient (Wildman–Crippen LogP) is 8.94. The van der Waals surface area contributed by atoms with Crippen molar-refractivity contribution in [3.8, 4) is 5.75 Å². The second kappa shape index (κ2) is 10.8. The Morgan fingerprint density at radius 1 is 0.900 bits per heavy atom. The monoisotopic (exact) mass is 701 g/mol. The summed E-state index contributed by atoms with van der Waals surface area (Å²) < 4.78 is 40.2. The summed E-state index contributed by atoms with van der Waals surface area (Å²) in [6, 6.07) is 27.1. The first-order chi connectivity index (χ1) is 18.8. The van der Waals surface area contributed by atoms with E-state index in [-0.39, 0.29) is 4.90 Å². The van der Waals surface area contributed by atoms with Crippen LogP contribution in [0.5, 0.6) is 5.75 Å². The molecular formula is C30H30Br2N3O3PS. The van der Waals surface area contributed by atoms with E-state index in [1.54, 1.807) is 12.1 Å². The van der Waals surface area contributed by atoms with E-state index < -0.39 is 22.5 Å². The molecule has 0 saturated heterocycles. The number of nitrogens with two attached hydrogens (primary N) is 1. The zero-order chi connectivity index (χ0) is 28.9. The van der Waals surface area contributed by atoms with Gasteiger partial charge < -0.3 is 9.09 Å². The number of primary sulfonamides is 1. The number of benzene rings is 4. The van der Waals surface area contributed by atoms with Gasteiger partial charge in [-0.3, -0.25) is 0 Å². The molecule has 1 aromatic heterocycles. The maximum absolute atomic E-state index is 11.9. The standard InChI is InChI=1S/C30H30Br2N3O3PS/c1-5-35-27-9-7-6-8-24(27)25-19-22(13-16-28(25)35)39(30(2,3)4,38-29-17-10-20(31)18-26(29)32)34-21-11-14-23(15-12-21)40(33,36)37/h6-19H,5H2,1-4H3,(H2,33,36,37)/t39-/m1/s1. The normalized spacial score (nSPS) is 13.9. The molecule has 40 heavy (non-hydrogen) atoms. The fraction of sp³-hybridized carbons (Fsp3) is 0.200. The molecule has 0 amide bonds. The van der Waals surface area contributed by atoms with Gasteiger partial charge in [-0.25, -0.2) is 18.3 Å². The minimum absolute atomic E-state index is 0.0384. The number of aryl methyl sites for hydroxylation is 1. The SMILES string of the molecule is CCn1c2ccccc2c2cc([P@@](=Nc3ccc(S(N)(=O)=O)cc3)(Oc3ccc(Br)cc3Br)C(C)(C)C)ccc21. The number of hydrogen-bond donors (Lipinski definition) is 1. The molecule has 1 atom stereocenters. The summed E-state index contributed by atoms with van der Waals surface area (Å²) in [6.07, 6.45) is 0. The zero-order valence-corrected chi connectivity index (χ0v) is 27.5. The Bertz CT molecular complexity index is 1910. The molecule has 5 aromatic rings. The summed E-state index contributed by atoms with van der Waals surface area (Å²) in [5, 5.41) is 8.21. The molecule has 0 radical (unpaired) electrons. The maximum Gasteiger partial charge on any atom is 0.238 e. The van der Waals surface area contributed by atoms with Crippen molar-refractivity contribution in [1.29, 1.82) is 0 Å². The van der Waals surface area contributed by atoms with Crippen LogP contribution >= 0.6 is 39.1 Å². The molecule has 5 rings (SSSR count). The summed E-state index contributed by atoms with van der Waals surface area (Å²) in [5.41, 5.74) is 2.95. The van der Waals surface area contributed by atoms with E-state index in [0.717, 1.165) is 31.7 Å². The van der Waals surface area contributed by atoms with Gasteiger partial charge in [-0.1, -0.05) is 54.9 Å². The highest BCUT2D eigenvalue weighted by Crippen LogP contribution is 2.63. The highest BCUT2D eigenvalue weighted by Gasteiger charge is 2.39. The van der Waals surface area contributed by atoms with Crippen molar-refractivity contribution in [2.24, 2.45) is 9.88 Å². The van der Waals surface area contributed by atoms with Crippen molar-refractivity contribution in [3.63, 3.8) is 0 Å². The molecule has 0 unspecified atom stereocenters. The fourth-order valence-electron chi connectivity index (χ4n) is 4.93. The first kappa shape index (κ1) is 29.1. The minimum Gasteiger partial charge on any atom is -0.454 e. The molecule has 0 aliphatic rings. The lowest BCUT2D eigenvalue weighted by Crippen LogP contribution is -2.27. The highest BCUT2D eigenvalue weighted by molar-refractivity contribution is 9.11. The van der Waals surface area contributed by atoms with Crippen molar-refractivity contribution in [3.05, 3.63) is 93.9 Å². The molecule has 4 aromatic carbocycles. The lowest BCUT2D eigenvalue weighted by atomic mass is 10.1. The molecular weight excluding hydrogens is 673 g/mol. The smallest absolute Gasteiger partial charge is 0.238 e. The summed E-state index contributed by atoms with van der Waals surface area (Å²) in [4.78, 5) is 0.0384. The topological polar surface area (TPSA) is 86.7 Å². The third kappa shape index (κ3) is 5.30. The van der Waals surface area contributed by atoms with Crippen LogP contribution in [0, 0.1) is 0 Å². The van der Waals surface area contributed by atoms with Gasteiger partial charge in [-0.05, 0) is 89.6 Å². The number of hydrogen-bond acceptors (Lipinski definition) is 4. The van der Waals surface area contributed by atoms with Gasteiger partial charge in [0, 0.05) is 43.3 Å². The average molecular weight is 703 g/mol. The van der Waals surface area contributed by atoms with Crippen LogP contribution in [0.25, 0.3) is 21.8 Å². The molecule has 10 heteroatoms. The molecule has 1 heterocycles. The molecule has 0 fully saturated rings. The Morgan fingerprint density at radius 3 is 2.20 bits per heavy atom. The second-order valence-electron chi connectivity index (χ2n) is 10.5. The van der Waals surface area contributed by atoms with E-state index in [4.69, 9.17) is 14.4 Å². The van der Waals surface area contributed by atoms with Crippen molar-refractivity contribution < 1.29 is 12.9 Å². The van der Waals surface area contributed by atoms with Crippen molar-refractivity contribution >= 4 is 82.0 Å². The predicted molar refractivity (Wildman–Crippen MR) is 174 cm³/mol. The highest BCUT2D eigenvalue weighted by atomic mass is 79.9. The number of halogens is 2. The lowest BCUT2D eigenvalue weighted by Gasteiger charge is -2.37. The first-order valence-corrected chi connectivity index (χ1v) is 17.5. The summed E-state index contributed by atoms with van der Waals surface area (Å²) in [7, 11) is -6.69. The minimum atomic E-state index is -3.82. The van der Waals surface area contributed by atoms with E-state index in [2.05, 4.69) is 107 Å². The van der Waals surface area contributed by atoms with Gasteiger partial charge in [0.15, 0.2) is 7.28 Å². The third-order valence-corrected chi connectivity index (χ3v) is 12.7. The Kier molecular flexibility index (Phi) is 7.83. The van der Waals surface area contributed by atoms with E-state index in [1.165, 1.54) is 23.0 Å². The molecule has 208 valence electrons. The Balaban J connectivity index is 1.84. The molecule has 0 saturated carbocycles. The van der Waals surface area contributed by atoms with Crippen molar-refractivity contribution in [2.45, 2.75) is 44.3 Å². The van der Waals surface area contributed by atoms with Gasteiger partial charge in [-0.2, -0.15) is 0 Å². The Labute approximate surface area is 252 Å². The van der Waals surface area contributed by atoms with Gasteiger partial charge in [0.1, 0.15) is 5.75 Å². The van der Waals surface area contributed by atoms with E-state index >= 15 is 0 Å². The Morgan fingerprint density at radius 2 is 1.57 bits per heavy atom. The summed E-state index contributed by atoms with van der Waals surface area (Å²) in [5.74, 6) is 0.674. The molecule has 2 N–H and O–H groups in total. The summed E-state index contributed by atoms with van der Waals surface area (Å²) in [6.45, 7) is 9.41. The van der Waals surface area contributed by atoms with E-state index in [0.29, 0.717) is 11.4 Å². The number of fused-ring (bicyclic) bond motifs is 3. The summed E-state index contributed by atoms with van der Waals surface area (Å²) >= 11 is 7.21. The Hall–Kier alpha value is -2.42. The number of sulfonamides is 1. The first-order valence-electron chi connectivity index (χ1n) is 12.8. The van der Waals surface area contributed by atoms with Gasteiger partial charge >= 0.3 is 0 Å². The molecule has 0 aliphatic carbocycles. The van der Waals surface area contributed by atoms with Gasteiger partial charge in [0.2, 0.25) is 10.0 Å². The number of nitrogens with zero attached hydrogens (tertiary/aromatic N) is 2.